The Kier molecular flexibility index (Phi) is 6.80. The van der Waals surface area contributed by atoms with Gasteiger partial charge in [0.15, 0.2) is 0 Å². The molecule has 2 rings (SSSR count). The predicted octanol–water partition coefficient (Wildman–Crippen LogP) is 3.43. The predicted molar refractivity (Wildman–Crippen MR) is 87.5 cm³/mol. The number of halogens is 2. The monoisotopic (exact) mass is 345 g/mol. The Hall–Kier alpha value is -0.970. The highest BCUT2D eigenvalue weighted by atomic mass is 35.5. The molecule has 22 heavy (non-hydrogen) atoms. The third kappa shape index (κ3) is 5.67. The molecule has 1 aliphatic rings. The van der Waals surface area contributed by atoms with Gasteiger partial charge in [-0.3, -0.25) is 4.79 Å². The number of nitrogens with one attached hydrogen (secondary N) is 1. The van der Waals surface area contributed by atoms with Gasteiger partial charge in [0, 0.05) is 11.6 Å². The van der Waals surface area contributed by atoms with Crippen LogP contribution in [0, 0.1) is 5.92 Å². The molecule has 1 fully saturated rings. The van der Waals surface area contributed by atoms with Gasteiger partial charge in [0.2, 0.25) is 5.91 Å². The molecule has 2 N–H and O–H groups in total. The van der Waals surface area contributed by atoms with Crippen molar-refractivity contribution in [2.75, 3.05) is 13.2 Å². The molecule has 0 aromatic heterocycles. The number of amides is 1. The molecule has 1 aromatic rings. The van der Waals surface area contributed by atoms with Crippen LogP contribution >= 0.6 is 23.2 Å². The average molecular weight is 346 g/mol. The lowest BCUT2D eigenvalue weighted by atomic mass is 9.87. The van der Waals surface area contributed by atoms with E-state index in [-0.39, 0.29) is 25.0 Å². The van der Waals surface area contributed by atoms with Crippen molar-refractivity contribution in [3.8, 4) is 5.75 Å². The van der Waals surface area contributed by atoms with Crippen molar-refractivity contribution < 1.29 is 14.6 Å². The number of rotatable bonds is 6. The van der Waals surface area contributed by atoms with Crippen LogP contribution in [-0.4, -0.2) is 30.3 Å². The van der Waals surface area contributed by atoms with E-state index in [2.05, 4.69) is 5.32 Å². The first kappa shape index (κ1) is 17.4. The number of hydrogen-bond acceptors (Lipinski definition) is 3. The van der Waals surface area contributed by atoms with Gasteiger partial charge in [-0.05, 0) is 43.4 Å². The summed E-state index contributed by atoms with van der Waals surface area (Å²) in [5.74, 6) is 0.846. The molecule has 0 radical (unpaired) electrons. The number of benzene rings is 1. The van der Waals surface area contributed by atoms with E-state index in [0.717, 1.165) is 25.7 Å². The third-order valence-corrected chi connectivity index (χ3v) is 4.35. The van der Waals surface area contributed by atoms with E-state index in [1.165, 1.54) is 0 Å². The van der Waals surface area contributed by atoms with Crippen molar-refractivity contribution in [2.24, 2.45) is 5.92 Å². The molecular weight excluding hydrogens is 325 g/mol. The summed E-state index contributed by atoms with van der Waals surface area (Å²) in [5.41, 5.74) is 0. The molecule has 0 saturated heterocycles. The van der Waals surface area contributed by atoms with Crippen LogP contribution < -0.4 is 10.1 Å². The Morgan fingerprint density at radius 3 is 2.91 bits per heavy atom. The number of carbonyl (C=O) groups excluding carboxylic acids is 1. The minimum Gasteiger partial charge on any atom is -0.491 e. The summed E-state index contributed by atoms with van der Waals surface area (Å²) in [6.45, 7) is 0.887. The molecule has 1 amide bonds. The fourth-order valence-electron chi connectivity index (χ4n) is 2.64. The van der Waals surface area contributed by atoms with Crippen molar-refractivity contribution in [2.45, 2.75) is 38.2 Å². The van der Waals surface area contributed by atoms with Crippen LogP contribution in [0.25, 0.3) is 0 Å². The zero-order chi connectivity index (χ0) is 15.9. The molecular formula is C16H21Cl2NO3. The van der Waals surface area contributed by atoms with Gasteiger partial charge in [-0.15, -0.1) is 0 Å². The lowest BCUT2D eigenvalue weighted by Crippen LogP contribution is -2.33. The van der Waals surface area contributed by atoms with E-state index >= 15 is 0 Å². The smallest absolute Gasteiger partial charge is 0.223 e. The molecule has 4 nitrogen and oxygen atoms in total. The standard InChI is InChI=1S/C16H21Cl2NO3/c17-12-4-5-15(14(18)9-12)22-7-6-16(21)19-10-11-2-1-3-13(20)8-11/h4-5,9,11,13,20H,1-3,6-8,10H2,(H,19,21). The Bertz CT molecular complexity index is 510. The lowest BCUT2D eigenvalue weighted by molar-refractivity contribution is -0.121. The Labute approximate surface area is 140 Å². The number of aliphatic hydroxyl groups is 1. The van der Waals surface area contributed by atoms with Crippen LogP contribution in [0.1, 0.15) is 32.1 Å². The van der Waals surface area contributed by atoms with Gasteiger partial charge in [0.25, 0.3) is 0 Å². The van der Waals surface area contributed by atoms with Crippen LogP contribution in [0.2, 0.25) is 10.0 Å². The summed E-state index contributed by atoms with van der Waals surface area (Å²) >= 11 is 11.8. The van der Waals surface area contributed by atoms with Crippen LogP contribution in [0.5, 0.6) is 5.75 Å². The Balaban J connectivity index is 1.65. The second-order valence-corrected chi connectivity index (χ2v) is 6.51. The molecule has 0 aliphatic heterocycles. The van der Waals surface area contributed by atoms with E-state index in [0.29, 0.717) is 28.3 Å². The molecule has 0 bridgehead atoms. The number of aliphatic hydroxyl groups excluding tert-OH is 1. The molecule has 1 aliphatic carbocycles. The average Bonchev–Trinajstić information content (AvgIpc) is 2.47. The van der Waals surface area contributed by atoms with Crippen LogP contribution in [0.4, 0.5) is 0 Å². The maximum absolute atomic E-state index is 11.8. The number of hydrogen-bond donors (Lipinski definition) is 2. The summed E-state index contributed by atoms with van der Waals surface area (Å²) in [6.07, 6.45) is 3.80. The van der Waals surface area contributed by atoms with Crippen LogP contribution in [0.15, 0.2) is 18.2 Å². The van der Waals surface area contributed by atoms with Gasteiger partial charge in [-0.2, -0.15) is 0 Å². The van der Waals surface area contributed by atoms with Crippen LogP contribution in [-0.2, 0) is 4.79 Å². The molecule has 0 spiro atoms. The van der Waals surface area contributed by atoms with Crippen LogP contribution in [0.3, 0.4) is 0 Å². The highest BCUT2D eigenvalue weighted by Crippen LogP contribution is 2.27. The van der Waals surface area contributed by atoms with Crippen molar-refractivity contribution in [3.63, 3.8) is 0 Å². The number of carbonyl (C=O) groups is 1. The topological polar surface area (TPSA) is 58.6 Å². The van der Waals surface area contributed by atoms with Crippen molar-refractivity contribution in [3.05, 3.63) is 28.2 Å². The molecule has 2 atom stereocenters. The largest absolute Gasteiger partial charge is 0.491 e. The van der Waals surface area contributed by atoms with E-state index in [4.69, 9.17) is 27.9 Å². The Morgan fingerprint density at radius 1 is 1.36 bits per heavy atom. The Morgan fingerprint density at radius 2 is 2.18 bits per heavy atom. The lowest BCUT2D eigenvalue weighted by Gasteiger charge is -2.25. The maximum atomic E-state index is 11.8. The van der Waals surface area contributed by atoms with Gasteiger partial charge in [-0.1, -0.05) is 29.6 Å². The SMILES string of the molecule is O=C(CCOc1ccc(Cl)cc1Cl)NCC1CCCC(O)C1. The summed E-state index contributed by atoms with van der Waals surface area (Å²) < 4.78 is 5.48. The van der Waals surface area contributed by atoms with Gasteiger partial charge in [0.05, 0.1) is 24.2 Å². The zero-order valence-corrected chi connectivity index (χ0v) is 13.9. The minimum absolute atomic E-state index is 0.0508. The van der Waals surface area contributed by atoms with Crippen molar-refractivity contribution in [1.29, 1.82) is 0 Å². The van der Waals surface area contributed by atoms with Gasteiger partial charge < -0.3 is 15.2 Å². The third-order valence-electron chi connectivity index (χ3n) is 3.82. The highest BCUT2D eigenvalue weighted by molar-refractivity contribution is 6.35. The zero-order valence-electron chi connectivity index (χ0n) is 12.4. The highest BCUT2D eigenvalue weighted by Gasteiger charge is 2.20. The quantitative estimate of drug-likeness (QED) is 0.830. The first-order valence-electron chi connectivity index (χ1n) is 7.57. The van der Waals surface area contributed by atoms with E-state index in [1.54, 1.807) is 18.2 Å². The fourth-order valence-corrected chi connectivity index (χ4v) is 3.10. The molecule has 0 heterocycles. The second kappa shape index (κ2) is 8.61. The first-order chi connectivity index (χ1) is 10.5. The summed E-state index contributed by atoms with van der Waals surface area (Å²) in [4.78, 5) is 11.8. The van der Waals surface area contributed by atoms with Gasteiger partial charge in [-0.25, -0.2) is 0 Å². The molecule has 122 valence electrons. The molecule has 2 unspecified atom stereocenters. The fraction of sp³-hybridized carbons (Fsp3) is 0.562. The van der Waals surface area contributed by atoms with E-state index in [9.17, 15) is 9.90 Å². The number of ether oxygens (including phenoxy) is 1. The summed E-state index contributed by atoms with van der Waals surface area (Å²) in [6, 6.07) is 4.98. The first-order valence-corrected chi connectivity index (χ1v) is 8.33. The van der Waals surface area contributed by atoms with Crippen molar-refractivity contribution in [1.82, 2.24) is 5.32 Å². The van der Waals surface area contributed by atoms with Gasteiger partial charge >= 0.3 is 0 Å². The minimum atomic E-state index is -0.217. The van der Waals surface area contributed by atoms with E-state index in [1.807, 2.05) is 0 Å². The summed E-state index contributed by atoms with van der Waals surface area (Å²) in [5, 5.41) is 13.5. The molecule has 6 heteroatoms. The second-order valence-electron chi connectivity index (χ2n) is 5.66. The maximum Gasteiger partial charge on any atom is 0.223 e. The normalized spacial score (nSPS) is 21.4. The van der Waals surface area contributed by atoms with Crippen molar-refractivity contribution >= 4 is 29.1 Å². The molecule has 1 aromatic carbocycles. The summed E-state index contributed by atoms with van der Waals surface area (Å²) in [7, 11) is 0. The molecule has 1 saturated carbocycles. The van der Waals surface area contributed by atoms with Gasteiger partial charge in [0.1, 0.15) is 5.75 Å². The van der Waals surface area contributed by atoms with E-state index < -0.39 is 0 Å².